The molecule has 11 heteroatoms. The van der Waals surface area contributed by atoms with Crippen LogP contribution in [0.3, 0.4) is 0 Å². The molecule has 0 radical (unpaired) electrons. The van der Waals surface area contributed by atoms with Gasteiger partial charge in [-0.1, -0.05) is 18.2 Å². The summed E-state index contributed by atoms with van der Waals surface area (Å²) in [5, 5.41) is 14.9. The van der Waals surface area contributed by atoms with Gasteiger partial charge >= 0.3 is 12.3 Å². The maximum Gasteiger partial charge on any atom is 0.573 e. The lowest BCUT2D eigenvalue weighted by atomic mass is 10.2. The molecule has 0 unspecified atom stereocenters. The minimum Gasteiger partial charge on any atom is -0.460 e. The van der Waals surface area contributed by atoms with Gasteiger partial charge in [-0.25, -0.2) is 4.98 Å². The van der Waals surface area contributed by atoms with Crippen LogP contribution in [-0.2, 0) is 16.1 Å². The number of benzene rings is 1. The van der Waals surface area contributed by atoms with E-state index in [1.54, 1.807) is 26.8 Å². The predicted molar refractivity (Wildman–Crippen MR) is 106 cm³/mol. The third kappa shape index (κ3) is 8.38. The Bertz CT molecular complexity index is 952. The minimum atomic E-state index is -4.81. The smallest absolute Gasteiger partial charge is 0.460 e. The zero-order valence-corrected chi connectivity index (χ0v) is 17.2. The van der Waals surface area contributed by atoms with Crippen LogP contribution in [-0.4, -0.2) is 34.4 Å². The van der Waals surface area contributed by atoms with Crippen molar-refractivity contribution in [2.24, 2.45) is 0 Å². The number of ether oxygens (including phenoxy) is 2. The number of alkyl halides is 3. The summed E-state index contributed by atoms with van der Waals surface area (Å²) in [4.78, 5) is 19.9. The molecule has 0 fully saturated rings. The van der Waals surface area contributed by atoms with Crippen molar-refractivity contribution < 1.29 is 27.4 Å². The van der Waals surface area contributed by atoms with Gasteiger partial charge in [0.1, 0.15) is 28.8 Å². The number of para-hydroxylation sites is 1. The number of esters is 1. The third-order valence-corrected chi connectivity index (χ3v) is 3.59. The first-order valence-electron chi connectivity index (χ1n) is 9.27. The van der Waals surface area contributed by atoms with E-state index < -0.39 is 17.9 Å². The standard InChI is InChI=1S/C20H22F3N5O3/c1-19(2,3)31-16(29)8-9-25-17-14(10-24)12-27-18(28-17)26-11-13-6-4-5-7-15(13)30-20(21,22)23/h4-7,12H,8-9,11H2,1-3H3,(H2,25,26,27,28). The van der Waals surface area contributed by atoms with Gasteiger partial charge in [-0.2, -0.15) is 10.2 Å². The number of hydrogen-bond acceptors (Lipinski definition) is 8. The molecule has 1 aromatic heterocycles. The van der Waals surface area contributed by atoms with Crippen LogP contribution < -0.4 is 15.4 Å². The monoisotopic (exact) mass is 437 g/mol. The summed E-state index contributed by atoms with van der Waals surface area (Å²) >= 11 is 0. The SMILES string of the molecule is CC(C)(C)OC(=O)CCNc1nc(NCc2ccccc2OC(F)(F)F)ncc1C#N. The van der Waals surface area contributed by atoms with E-state index in [4.69, 9.17) is 4.74 Å². The predicted octanol–water partition coefficient (Wildman–Crippen LogP) is 4.00. The van der Waals surface area contributed by atoms with E-state index in [0.29, 0.717) is 0 Å². The lowest BCUT2D eigenvalue weighted by Gasteiger charge is -2.19. The number of nitrogens with zero attached hydrogens (tertiary/aromatic N) is 3. The molecule has 1 aromatic carbocycles. The van der Waals surface area contributed by atoms with Crippen molar-refractivity contribution >= 4 is 17.7 Å². The van der Waals surface area contributed by atoms with Crippen LogP contribution in [0.4, 0.5) is 24.9 Å². The van der Waals surface area contributed by atoms with Crippen LogP contribution in [0.25, 0.3) is 0 Å². The Morgan fingerprint density at radius 1 is 1.19 bits per heavy atom. The largest absolute Gasteiger partial charge is 0.573 e. The third-order valence-electron chi connectivity index (χ3n) is 3.59. The van der Waals surface area contributed by atoms with Gasteiger partial charge in [-0.3, -0.25) is 4.79 Å². The molecule has 2 N–H and O–H groups in total. The van der Waals surface area contributed by atoms with Gasteiger partial charge in [-0.05, 0) is 26.8 Å². The van der Waals surface area contributed by atoms with Crippen LogP contribution >= 0.6 is 0 Å². The summed E-state index contributed by atoms with van der Waals surface area (Å²) in [7, 11) is 0. The normalized spacial score (nSPS) is 11.4. The van der Waals surface area contributed by atoms with Crippen LogP contribution in [0.1, 0.15) is 38.3 Å². The van der Waals surface area contributed by atoms with Gasteiger partial charge in [0, 0.05) is 18.7 Å². The molecule has 2 aromatic rings. The van der Waals surface area contributed by atoms with Gasteiger partial charge in [0.15, 0.2) is 0 Å². The average Bonchev–Trinajstić information content (AvgIpc) is 2.65. The summed E-state index contributed by atoms with van der Waals surface area (Å²) in [5.41, 5.74) is -0.213. The Morgan fingerprint density at radius 2 is 1.90 bits per heavy atom. The second kappa shape index (κ2) is 9.97. The summed E-state index contributed by atoms with van der Waals surface area (Å²) in [5.74, 6) is -0.483. The highest BCUT2D eigenvalue weighted by Gasteiger charge is 2.32. The van der Waals surface area contributed by atoms with Gasteiger partial charge in [0.05, 0.1) is 12.6 Å². The zero-order chi connectivity index (χ0) is 23.1. The van der Waals surface area contributed by atoms with Gasteiger partial charge in [0.2, 0.25) is 5.95 Å². The zero-order valence-electron chi connectivity index (χ0n) is 17.2. The molecule has 0 saturated heterocycles. The molecule has 0 aliphatic carbocycles. The number of carbonyl (C=O) groups is 1. The topological polar surface area (TPSA) is 109 Å². The van der Waals surface area contributed by atoms with Crippen molar-refractivity contribution in [3.8, 4) is 11.8 Å². The quantitative estimate of drug-likeness (QED) is 0.597. The highest BCUT2D eigenvalue weighted by atomic mass is 19.4. The highest BCUT2D eigenvalue weighted by molar-refractivity contribution is 5.70. The minimum absolute atomic E-state index is 0.0461. The first-order chi connectivity index (χ1) is 14.5. The molecule has 0 aliphatic heterocycles. The summed E-state index contributed by atoms with van der Waals surface area (Å²) < 4.78 is 46.9. The summed E-state index contributed by atoms with van der Waals surface area (Å²) in [6.07, 6.45) is -3.49. The van der Waals surface area contributed by atoms with Gasteiger partial charge in [0.25, 0.3) is 0 Å². The summed E-state index contributed by atoms with van der Waals surface area (Å²) in [6.45, 7) is 5.39. The van der Waals surface area contributed by atoms with Crippen molar-refractivity contribution in [1.29, 1.82) is 5.26 Å². The molecule has 1 heterocycles. The lowest BCUT2D eigenvalue weighted by molar-refractivity contribution is -0.274. The molecule has 0 spiro atoms. The second-order valence-corrected chi connectivity index (χ2v) is 7.34. The van der Waals surface area contributed by atoms with E-state index >= 15 is 0 Å². The molecule has 0 aliphatic rings. The van der Waals surface area contributed by atoms with E-state index in [1.165, 1.54) is 24.4 Å². The van der Waals surface area contributed by atoms with E-state index in [9.17, 15) is 23.2 Å². The molecule has 2 rings (SSSR count). The molecule has 0 amide bonds. The van der Waals surface area contributed by atoms with Crippen molar-refractivity contribution in [3.05, 3.63) is 41.6 Å². The van der Waals surface area contributed by atoms with Crippen LogP contribution in [0.2, 0.25) is 0 Å². The van der Waals surface area contributed by atoms with Crippen LogP contribution in [0.15, 0.2) is 30.5 Å². The molecular formula is C20H22F3N5O3. The number of aromatic nitrogens is 2. The Labute approximate surface area is 177 Å². The average molecular weight is 437 g/mol. The number of rotatable bonds is 8. The molecule has 166 valence electrons. The number of halogens is 3. The van der Waals surface area contributed by atoms with Crippen LogP contribution in [0, 0.1) is 11.3 Å². The van der Waals surface area contributed by atoms with Gasteiger partial charge < -0.3 is 20.1 Å². The fourth-order valence-corrected chi connectivity index (χ4v) is 2.41. The van der Waals surface area contributed by atoms with E-state index in [0.717, 1.165) is 0 Å². The first-order valence-corrected chi connectivity index (χ1v) is 9.27. The molecule has 31 heavy (non-hydrogen) atoms. The van der Waals surface area contributed by atoms with Crippen molar-refractivity contribution in [1.82, 2.24) is 9.97 Å². The summed E-state index contributed by atoms with van der Waals surface area (Å²) in [6, 6.07) is 7.60. The van der Waals surface area contributed by atoms with Crippen LogP contribution in [0.5, 0.6) is 5.75 Å². The Morgan fingerprint density at radius 3 is 2.55 bits per heavy atom. The number of hydrogen-bond donors (Lipinski definition) is 2. The van der Waals surface area contributed by atoms with Crippen molar-refractivity contribution in [2.75, 3.05) is 17.2 Å². The Balaban J connectivity index is 2.03. The maximum absolute atomic E-state index is 12.5. The van der Waals surface area contributed by atoms with Gasteiger partial charge in [-0.15, -0.1) is 13.2 Å². The number of nitriles is 1. The second-order valence-electron chi connectivity index (χ2n) is 7.34. The number of nitrogens with one attached hydrogen (secondary N) is 2. The van der Waals surface area contributed by atoms with Crippen molar-refractivity contribution in [3.63, 3.8) is 0 Å². The number of anilines is 2. The highest BCUT2D eigenvalue weighted by Crippen LogP contribution is 2.26. The Hall–Kier alpha value is -3.55. The van der Waals surface area contributed by atoms with Crippen molar-refractivity contribution in [2.45, 2.75) is 45.7 Å². The molecule has 8 nitrogen and oxygen atoms in total. The van der Waals surface area contributed by atoms with E-state index in [1.807, 2.05) is 6.07 Å². The lowest BCUT2D eigenvalue weighted by Crippen LogP contribution is -2.25. The molecule has 0 saturated carbocycles. The number of carbonyl (C=O) groups excluding carboxylic acids is 1. The molecular weight excluding hydrogens is 415 g/mol. The fraction of sp³-hybridized carbons (Fsp3) is 0.400. The molecule has 0 bridgehead atoms. The maximum atomic E-state index is 12.5. The van der Waals surface area contributed by atoms with E-state index in [2.05, 4.69) is 25.3 Å². The fourth-order valence-electron chi connectivity index (χ4n) is 2.41. The Kier molecular flexibility index (Phi) is 7.63. The van der Waals surface area contributed by atoms with E-state index in [-0.39, 0.29) is 48.2 Å². The first kappa shape index (κ1) is 23.7. The molecule has 0 atom stereocenters.